The zero-order valence-corrected chi connectivity index (χ0v) is 21.0. The fourth-order valence-corrected chi connectivity index (χ4v) is 4.23. The van der Waals surface area contributed by atoms with Crippen LogP contribution in [0.5, 0.6) is 5.75 Å². The second-order valence-corrected chi connectivity index (χ2v) is 9.19. The van der Waals surface area contributed by atoms with E-state index in [-0.39, 0.29) is 18.0 Å². The Labute approximate surface area is 212 Å². The van der Waals surface area contributed by atoms with Gasteiger partial charge in [0.2, 0.25) is 5.91 Å². The third-order valence-electron chi connectivity index (χ3n) is 6.18. The van der Waals surface area contributed by atoms with Crippen molar-refractivity contribution in [2.75, 3.05) is 39.0 Å². The summed E-state index contributed by atoms with van der Waals surface area (Å²) in [5.41, 5.74) is 3.34. The van der Waals surface area contributed by atoms with Gasteiger partial charge in [-0.15, -0.1) is 0 Å². The molecule has 8 nitrogen and oxygen atoms in total. The van der Waals surface area contributed by atoms with Crippen LogP contribution in [-0.4, -0.2) is 66.6 Å². The average molecular weight is 488 g/mol. The number of nitrogens with one attached hydrogen (secondary N) is 2. The van der Waals surface area contributed by atoms with E-state index in [1.165, 1.54) is 11.1 Å². The molecular weight excluding hydrogens is 454 g/mol. The molecule has 1 saturated heterocycles. The molecule has 3 aromatic rings. The minimum absolute atomic E-state index is 0.0218. The molecule has 0 radical (unpaired) electrons. The van der Waals surface area contributed by atoms with Crippen LogP contribution >= 0.6 is 0 Å². The maximum Gasteiger partial charge on any atom is 0.319 e. The SMILES string of the molecule is Cc1ccc(CCN[C@H](C(=O)Nc2ccc(OC3CN(C)C(=O)N(C)C3)cn2)c2ccccc2)cc1. The average Bonchev–Trinajstić information content (AvgIpc) is 2.88. The van der Waals surface area contributed by atoms with Gasteiger partial charge in [-0.3, -0.25) is 4.79 Å². The number of amides is 3. The van der Waals surface area contributed by atoms with Crippen molar-refractivity contribution in [3.8, 4) is 5.75 Å². The van der Waals surface area contributed by atoms with E-state index in [0.29, 0.717) is 31.2 Å². The van der Waals surface area contributed by atoms with Crippen LogP contribution in [0.2, 0.25) is 0 Å². The normalized spacial score (nSPS) is 15.0. The minimum Gasteiger partial charge on any atom is -0.485 e. The van der Waals surface area contributed by atoms with Crippen LogP contribution in [0, 0.1) is 6.92 Å². The number of pyridine rings is 1. The Hall–Kier alpha value is -3.91. The van der Waals surface area contributed by atoms with Gasteiger partial charge in [0.05, 0.1) is 19.3 Å². The van der Waals surface area contributed by atoms with Crippen molar-refractivity contribution in [3.63, 3.8) is 0 Å². The van der Waals surface area contributed by atoms with Gasteiger partial charge in [0.1, 0.15) is 23.7 Å². The number of urea groups is 1. The first kappa shape index (κ1) is 25.2. The Morgan fingerprint density at radius 1 is 1.03 bits per heavy atom. The molecular formula is C28H33N5O3. The third kappa shape index (κ3) is 6.60. The van der Waals surface area contributed by atoms with E-state index in [2.05, 4.69) is 46.8 Å². The van der Waals surface area contributed by atoms with Gasteiger partial charge >= 0.3 is 6.03 Å². The molecule has 2 N–H and O–H groups in total. The van der Waals surface area contributed by atoms with Crippen LogP contribution in [0.1, 0.15) is 22.7 Å². The fraction of sp³-hybridized carbons (Fsp3) is 0.321. The lowest BCUT2D eigenvalue weighted by molar-refractivity contribution is -0.118. The second-order valence-electron chi connectivity index (χ2n) is 9.19. The fourth-order valence-electron chi connectivity index (χ4n) is 4.23. The van der Waals surface area contributed by atoms with Crippen molar-refractivity contribution >= 4 is 17.8 Å². The van der Waals surface area contributed by atoms with Gasteiger partial charge in [0.25, 0.3) is 0 Å². The zero-order valence-electron chi connectivity index (χ0n) is 21.0. The largest absolute Gasteiger partial charge is 0.485 e. The molecule has 1 atom stereocenters. The Kier molecular flexibility index (Phi) is 8.17. The zero-order chi connectivity index (χ0) is 25.5. The molecule has 1 fully saturated rings. The molecule has 2 heterocycles. The standard InChI is InChI=1S/C28H33N5O3/c1-20-9-11-21(12-10-20)15-16-29-26(22-7-5-4-6-8-22)27(34)31-25-14-13-23(17-30-25)36-24-18-32(2)28(35)33(3)19-24/h4-14,17,24,26,29H,15-16,18-19H2,1-3H3,(H,30,31,34)/t26-/m0/s1. The van der Waals surface area contributed by atoms with E-state index in [1.54, 1.807) is 42.2 Å². The van der Waals surface area contributed by atoms with Crippen molar-refractivity contribution in [3.05, 3.63) is 89.6 Å². The Balaban J connectivity index is 1.36. The highest BCUT2D eigenvalue weighted by atomic mass is 16.5. The Morgan fingerprint density at radius 2 is 1.72 bits per heavy atom. The first-order chi connectivity index (χ1) is 17.4. The van der Waals surface area contributed by atoms with E-state index < -0.39 is 6.04 Å². The highest BCUT2D eigenvalue weighted by Gasteiger charge is 2.28. The number of anilines is 1. The summed E-state index contributed by atoms with van der Waals surface area (Å²) in [6, 6.07) is 21.1. The van der Waals surface area contributed by atoms with Crippen molar-refractivity contribution in [2.45, 2.75) is 25.5 Å². The third-order valence-corrected chi connectivity index (χ3v) is 6.18. The molecule has 3 amide bonds. The topological polar surface area (TPSA) is 86.8 Å². The number of rotatable bonds is 9. The van der Waals surface area contributed by atoms with Crippen molar-refractivity contribution < 1.29 is 14.3 Å². The minimum atomic E-state index is -0.514. The molecule has 1 aromatic heterocycles. The molecule has 8 heteroatoms. The quantitative estimate of drug-likeness (QED) is 0.481. The summed E-state index contributed by atoms with van der Waals surface area (Å²) in [4.78, 5) is 32.8. The molecule has 0 unspecified atom stereocenters. The lowest BCUT2D eigenvalue weighted by atomic mass is 10.1. The summed E-state index contributed by atoms with van der Waals surface area (Å²) in [5.74, 6) is 0.854. The van der Waals surface area contributed by atoms with Gasteiger partial charge in [-0.05, 0) is 36.6 Å². The highest BCUT2D eigenvalue weighted by Crippen LogP contribution is 2.19. The molecule has 4 rings (SSSR count). The van der Waals surface area contributed by atoms with Gasteiger partial charge in [0, 0.05) is 20.6 Å². The summed E-state index contributed by atoms with van der Waals surface area (Å²) in [7, 11) is 3.51. The number of hydrogen-bond donors (Lipinski definition) is 2. The van der Waals surface area contributed by atoms with E-state index in [0.717, 1.165) is 12.0 Å². The first-order valence-electron chi connectivity index (χ1n) is 12.1. The number of carbonyl (C=O) groups is 2. The molecule has 1 aliphatic rings. The predicted molar refractivity (Wildman–Crippen MR) is 140 cm³/mol. The number of hydrogen-bond acceptors (Lipinski definition) is 5. The van der Waals surface area contributed by atoms with Crippen LogP contribution in [-0.2, 0) is 11.2 Å². The van der Waals surface area contributed by atoms with Crippen LogP contribution < -0.4 is 15.4 Å². The van der Waals surface area contributed by atoms with Crippen LogP contribution in [0.3, 0.4) is 0 Å². The van der Waals surface area contributed by atoms with Gasteiger partial charge in [0.15, 0.2) is 0 Å². The molecule has 0 bridgehead atoms. The number of benzene rings is 2. The lowest BCUT2D eigenvalue weighted by Gasteiger charge is -2.36. The summed E-state index contributed by atoms with van der Waals surface area (Å²) < 4.78 is 6.00. The maximum atomic E-state index is 13.2. The molecule has 1 aliphatic heterocycles. The van der Waals surface area contributed by atoms with Gasteiger partial charge in [-0.2, -0.15) is 0 Å². The molecule has 36 heavy (non-hydrogen) atoms. The van der Waals surface area contributed by atoms with Crippen molar-refractivity contribution in [2.24, 2.45) is 0 Å². The molecule has 0 aliphatic carbocycles. The predicted octanol–water partition coefficient (Wildman–Crippen LogP) is 3.65. The van der Waals surface area contributed by atoms with Crippen LogP contribution in [0.4, 0.5) is 10.6 Å². The second kappa shape index (κ2) is 11.7. The van der Waals surface area contributed by atoms with E-state index >= 15 is 0 Å². The molecule has 2 aromatic carbocycles. The monoisotopic (exact) mass is 487 g/mol. The molecule has 0 saturated carbocycles. The Bertz CT molecular complexity index is 1140. The number of aryl methyl sites for hydroxylation is 1. The highest BCUT2D eigenvalue weighted by molar-refractivity contribution is 5.94. The number of carbonyl (C=O) groups excluding carboxylic acids is 2. The lowest BCUT2D eigenvalue weighted by Crippen LogP contribution is -2.54. The van der Waals surface area contributed by atoms with E-state index in [9.17, 15) is 9.59 Å². The van der Waals surface area contributed by atoms with Gasteiger partial charge in [-0.1, -0.05) is 60.2 Å². The first-order valence-corrected chi connectivity index (χ1v) is 12.1. The van der Waals surface area contributed by atoms with Crippen LogP contribution in [0.25, 0.3) is 0 Å². The Morgan fingerprint density at radius 3 is 2.36 bits per heavy atom. The summed E-state index contributed by atoms with van der Waals surface area (Å²) in [6.45, 7) is 3.74. The van der Waals surface area contributed by atoms with Gasteiger partial charge in [-0.25, -0.2) is 9.78 Å². The summed E-state index contributed by atoms with van der Waals surface area (Å²) >= 11 is 0. The number of likely N-dealkylation sites (N-methyl/N-ethyl adjacent to an activating group) is 2. The van der Waals surface area contributed by atoms with E-state index in [1.807, 2.05) is 30.3 Å². The van der Waals surface area contributed by atoms with Gasteiger partial charge < -0.3 is 25.2 Å². The van der Waals surface area contributed by atoms with Crippen LogP contribution in [0.15, 0.2) is 72.9 Å². The van der Waals surface area contributed by atoms with Crippen molar-refractivity contribution in [1.82, 2.24) is 20.1 Å². The molecule has 0 spiro atoms. The smallest absolute Gasteiger partial charge is 0.319 e. The van der Waals surface area contributed by atoms with E-state index in [4.69, 9.17) is 4.74 Å². The number of nitrogens with zero attached hydrogens (tertiary/aromatic N) is 3. The molecule has 188 valence electrons. The number of ether oxygens (including phenoxy) is 1. The summed E-state index contributed by atoms with van der Waals surface area (Å²) in [6.07, 6.45) is 2.26. The van der Waals surface area contributed by atoms with Crippen molar-refractivity contribution in [1.29, 1.82) is 0 Å². The maximum absolute atomic E-state index is 13.2. The number of aromatic nitrogens is 1. The summed E-state index contributed by atoms with van der Waals surface area (Å²) in [5, 5.41) is 6.31.